The number of methoxy groups -OCH3 is 1. The monoisotopic (exact) mass is 224 g/mol. The molecular weight excluding hydrogens is 207 g/mol. The summed E-state index contributed by atoms with van der Waals surface area (Å²) >= 11 is 0. The maximum Gasteiger partial charge on any atom is 0.367 e. The zero-order valence-electron chi connectivity index (χ0n) is 10.1. The van der Waals surface area contributed by atoms with Crippen LogP contribution in [-0.2, 0) is 9.53 Å². The van der Waals surface area contributed by atoms with Crippen LogP contribution in [0.2, 0.25) is 0 Å². The van der Waals surface area contributed by atoms with Crippen molar-refractivity contribution in [2.75, 3.05) is 7.11 Å². The van der Waals surface area contributed by atoms with Gasteiger partial charge in [-0.1, -0.05) is 44.2 Å². The molecule has 0 atom stereocenters. The molecule has 0 aliphatic heterocycles. The average molecular weight is 224 g/mol. The number of carbonyl (C=O) groups is 1. The highest BCUT2D eigenvalue weighted by atomic mass is 19.1. The molecular formula is C13H17FO2. The molecule has 0 unspecified atom stereocenters. The molecule has 3 heteroatoms. The van der Waals surface area contributed by atoms with Crippen LogP contribution in [0.1, 0.15) is 26.3 Å². The zero-order chi connectivity index (χ0) is 12.6. The standard InChI is InChI=1S/C11H11FO2.C2H6/c1-8(10(12)11(13)14-2)9-6-4-3-5-7-9;1-2/h3-7H,1-2H3;1-2H3/b10-8-;. The van der Waals surface area contributed by atoms with E-state index in [0.717, 1.165) is 7.11 Å². The summed E-state index contributed by atoms with van der Waals surface area (Å²) in [7, 11) is 1.15. The molecule has 2 nitrogen and oxygen atoms in total. The predicted octanol–water partition coefficient (Wildman–Crippen LogP) is 3.59. The van der Waals surface area contributed by atoms with E-state index < -0.39 is 11.8 Å². The van der Waals surface area contributed by atoms with Crippen molar-refractivity contribution in [1.29, 1.82) is 0 Å². The molecule has 0 aliphatic carbocycles. The number of benzene rings is 1. The zero-order valence-corrected chi connectivity index (χ0v) is 10.1. The van der Waals surface area contributed by atoms with Crippen LogP contribution in [0.5, 0.6) is 0 Å². The van der Waals surface area contributed by atoms with Gasteiger partial charge in [-0.15, -0.1) is 0 Å². The molecule has 1 aromatic carbocycles. The minimum Gasteiger partial charge on any atom is -0.464 e. The SMILES string of the molecule is CC.COC(=O)/C(F)=C(\C)c1ccccc1. The van der Waals surface area contributed by atoms with Crippen LogP contribution in [0.25, 0.3) is 5.57 Å². The third-order valence-electron chi connectivity index (χ3n) is 1.90. The Morgan fingerprint density at radius 1 is 1.19 bits per heavy atom. The normalized spacial score (nSPS) is 10.8. The topological polar surface area (TPSA) is 26.3 Å². The van der Waals surface area contributed by atoms with Crippen molar-refractivity contribution < 1.29 is 13.9 Å². The fourth-order valence-corrected chi connectivity index (χ4v) is 1.06. The molecule has 1 rings (SSSR count). The van der Waals surface area contributed by atoms with Crippen LogP contribution >= 0.6 is 0 Å². The smallest absolute Gasteiger partial charge is 0.367 e. The molecule has 0 fully saturated rings. The minimum atomic E-state index is -0.939. The number of esters is 1. The quantitative estimate of drug-likeness (QED) is 0.567. The highest BCUT2D eigenvalue weighted by Crippen LogP contribution is 2.19. The molecule has 0 aliphatic rings. The number of hydrogen-bond donors (Lipinski definition) is 0. The first-order chi connectivity index (χ1) is 7.66. The van der Waals surface area contributed by atoms with Gasteiger partial charge < -0.3 is 4.74 Å². The molecule has 0 radical (unpaired) electrons. The maximum absolute atomic E-state index is 13.3. The molecule has 16 heavy (non-hydrogen) atoms. The number of halogens is 1. The molecule has 0 amide bonds. The van der Waals surface area contributed by atoms with Crippen molar-refractivity contribution in [3.05, 3.63) is 41.7 Å². The fourth-order valence-electron chi connectivity index (χ4n) is 1.06. The van der Waals surface area contributed by atoms with Crippen molar-refractivity contribution in [2.24, 2.45) is 0 Å². The Morgan fingerprint density at radius 3 is 2.12 bits per heavy atom. The molecule has 0 N–H and O–H groups in total. The molecule has 1 aromatic rings. The van der Waals surface area contributed by atoms with Crippen molar-refractivity contribution in [2.45, 2.75) is 20.8 Å². The third kappa shape index (κ3) is 3.85. The van der Waals surface area contributed by atoms with E-state index in [0.29, 0.717) is 5.56 Å². The highest BCUT2D eigenvalue weighted by molar-refractivity contribution is 5.94. The van der Waals surface area contributed by atoms with Gasteiger partial charge in [0.15, 0.2) is 0 Å². The first-order valence-corrected chi connectivity index (χ1v) is 5.17. The Bertz CT molecular complexity index is 355. The number of ether oxygens (including phenoxy) is 1. The summed E-state index contributed by atoms with van der Waals surface area (Å²) in [5.74, 6) is -1.79. The first kappa shape index (κ1) is 14.4. The lowest BCUT2D eigenvalue weighted by molar-refractivity contribution is -0.137. The fraction of sp³-hybridized carbons (Fsp3) is 0.308. The summed E-state index contributed by atoms with van der Waals surface area (Å²) in [4.78, 5) is 10.9. The lowest BCUT2D eigenvalue weighted by Gasteiger charge is -2.02. The summed E-state index contributed by atoms with van der Waals surface area (Å²) in [5, 5.41) is 0. The molecule has 0 bridgehead atoms. The Morgan fingerprint density at radius 2 is 1.69 bits per heavy atom. The molecule has 0 saturated heterocycles. The molecule has 88 valence electrons. The van der Waals surface area contributed by atoms with Gasteiger partial charge in [-0.2, -0.15) is 4.39 Å². The van der Waals surface area contributed by atoms with E-state index in [9.17, 15) is 9.18 Å². The van der Waals surface area contributed by atoms with Gasteiger partial charge in [-0.25, -0.2) is 4.79 Å². The van der Waals surface area contributed by atoms with E-state index in [2.05, 4.69) is 4.74 Å². The Labute approximate surface area is 95.7 Å². The first-order valence-electron chi connectivity index (χ1n) is 5.17. The lowest BCUT2D eigenvalue weighted by atomic mass is 10.1. The summed E-state index contributed by atoms with van der Waals surface area (Å²) in [6.45, 7) is 5.54. The maximum atomic E-state index is 13.3. The van der Waals surface area contributed by atoms with Crippen LogP contribution in [0.4, 0.5) is 4.39 Å². The summed E-state index contributed by atoms with van der Waals surface area (Å²) < 4.78 is 17.6. The van der Waals surface area contributed by atoms with Crippen LogP contribution < -0.4 is 0 Å². The van der Waals surface area contributed by atoms with Crippen LogP contribution in [-0.4, -0.2) is 13.1 Å². The van der Waals surface area contributed by atoms with Gasteiger partial charge in [0, 0.05) is 0 Å². The number of allylic oxidation sites excluding steroid dienone is 1. The summed E-state index contributed by atoms with van der Waals surface area (Å²) in [6.07, 6.45) is 0. The van der Waals surface area contributed by atoms with Gasteiger partial charge in [-0.05, 0) is 18.1 Å². The van der Waals surface area contributed by atoms with E-state index in [1.165, 1.54) is 0 Å². The van der Waals surface area contributed by atoms with Gasteiger partial charge in [0.05, 0.1) is 7.11 Å². The van der Waals surface area contributed by atoms with Gasteiger partial charge in [0.2, 0.25) is 5.83 Å². The second-order valence-corrected chi connectivity index (χ2v) is 2.80. The van der Waals surface area contributed by atoms with E-state index in [1.807, 2.05) is 19.9 Å². The van der Waals surface area contributed by atoms with Crippen molar-refractivity contribution >= 4 is 11.5 Å². The second-order valence-electron chi connectivity index (χ2n) is 2.80. The Kier molecular flexibility index (Phi) is 6.84. The largest absolute Gasteiger partial charge is 0.464 e. The number of rotatable bonds is 2. The predicted molar refractivity (Wildman–Crippen MR) is 63.5 cm³/mol. The van der Waals surface area contributed by atoms with E-state index in [4.69, 9.17) is 0 Å². The third-order valence-corrected chi connectivity index (χ3v) is 1.90. The van der Waals surface area contributed by atoms with Crippen LogP contribution in [0, 0.1) is 0 Å². The van der Waals surface area contributed by atoms with Crippen molar-refractivity contribution in [3.63, 3.8) is 0 Å². The Balaban J connectivity index is 0.00000106. The second kappa shape index (κ2) is 7.63. The van der Waals surface area contributed by atoms with Gasteiger partial charge in [0.1, 0.15) is 0 Å². The Hall–Kier alpha value is -1.64. The van der Waals surface area contributed by atoms with Crippen LogP contribution in [0.3, 0.4) is 0 Å². The van der Waals surface area contributed by atoms with E-state index >= 15 is 0 Å². The van der Waals surface area contributed by atoms with Gasteiger partial charge in [-0.3, -0.25) is 0 Å². The summed E-state index contributed by atoms with van der Waals surface area (Å²) in [6, 6.07) is 8.86. The van der Waals surface area contributed by atoms with E-state index in [1.54, 1.807) is 31.2 Å². The van der Waals surface area contributed by atoms with Crippen molar-refractivity contribution in [3.8, 4) is 0 Å². The number of carbonyl (C=O) groups excluding carboxylic acids is 1. The number of hydrogen-bond acceptors (Lipinski definition) is 2. The van der Waals surface area contributed by atoms with Gasteiger partial charge >= 0.3 is 5.97 Å². The van der Waals surface area contributed by atoms with Crippen LogP contribution in [0.15, 0.2) is 36.2 Å². The lowest BCUT2D eigenvalue weighted by Crippen LogP contribution is -2.02. The molecule has 0 aromatic heterocycles. The highest BCUT2D eigenvalue weighted by Gasteiger charge is 2.13. The summed E-state index contributed by atoms with van der Waals surface area (Å²) in [5.41, 5.74) is 0.966. The average Bonchev–Trinajstić information content (AvgIpc) is 2.39. The van der Waals surface area contributed by atoms with Gasteiger partial charge in [0.25, 0.3) is 0 Å². The minimum absolute atomic E-state index is 0.289. The molecule has 0 saturated carbocycles. The van der Waals surface area contributed by atoms with E-state index in [-0.39, 0.29) is 5.57 Å². The molecule has 0 spiro atoms. The molecule has 0 heterocycles. The van der Waals surface area contributed by atoms with Crippen molar-refractivity contribution in [1.82, 2.24) is 0 Å².